The number of hydrogen-bond acceptors (Lipinski definition) is 2. The van der Waals surface area contributed by atoms with Crippen molar-refractivity contribution < 1.29 is 0 Å². The molecule has 0 aliphatic carbocycles. The summed E-state index contributed by atoms with van der Waals surface area (Å²) in [5.74, 6) is 0. The molecule has 1 aromatic rings. The fourth-order valence-corrected chi connectivity index (χ4v) is 1.28. The lowest BCUT2D eigenvalue weighted by Gasteiger charge is -2.06. The average Bonchev–Trinajstić information content (AvgIpc) is 2.26. The molecule has 14 heavy (non-hydrogen) atoms. The summed E-state index contributed by atoms with van der Waals surface area (Å²) in [5.41, 5.74) is 8.51. The molecule has 2 heteroatoms. The number of hydrogen-bond donors (Lipinski definition) is 1. The molecule has 2 N–H and O–H groups in total. The van der Waals surface area contributed by atoms with E-state index in [1.165, 1.54) is 6.20 Å². The Hall–Kier alpha value is -1.67. The van der Waals surface area contributed by atoms with Gasteiger partial charge in [-0.25, -0.2) is 0 Å². The standard InChI is InChI=1S/C12H14N2/c1-3-12(14-4-2)11-8-6-5-7-10(11)9-13/h3-8H,1-2,9,13H2. The number of rotatable bonds is 4. The monoisotopic (exact) mass is 186 g/mol. The zero-order valence-corrected chi connectivity index (χ0v) is 8.11. The molecule has 0 aliphatic heterocycles. The Bertz CT molecular complexity index is 364. The summed E-state index contributed by atoms with van der Waals surface area (Å²) in [4.78, 5) is 4.13. The predicted octanol–water partition coefficient (Wildman–Crippen LogP) is 2.26. The first-order chi connectivity index (χ1) is 6.83. The molecule has 1 aromatic carbocycles. The van der Waals surface area contributed by atoms with Gasteiger partial charge in [0.25, 0.3) is 0 Å². The topological polar surface area (TPSA) is 38.4 Å². The average molecular weight is 186 g/mol. The van der Waals surface area contributed by atoms with E-state index >= 15 is 0 Å². The van der Waals surface area contributed by atoms with Crippen LogP contribution >= 0.6 is 0 Å². The van der Waals surface area contributed by atoms with Crippen LogP contribution in [0.4, 0.5) is 0 Å². The van der Waals surface area contributed by atoms with E-state index in [4.69, 9.17) is 5.73 Å². The van der Waals surface area contributed by atoms with Crippen LogP contribution in [0.3, 0.4) is 0 Å². The van der Waals surface area contributed by atoms with Crippen molar-refractivity contribution in [1.82, 2.24) is 0 Å². The lowest BCUT2D eigenvalue weighted by Crippen LogP contribution is -2.05. The first kappa shape index (κ1) is 10.4. The molecule has 0 radical (unpaired) electrons. The Morgan fingerprint density at radius 1 is 1.36 bits per heavy atom. The van der Waals surface area contributed by atoms with Crippen molar-refractivity contribution in [2.24, 2.45) is 10.7 Å². The highest BCUT2D eigenvalue weighted by molar-refractivity contribution is 6.09. The van der Waals surface area contributed by atoms with Crippen molar-refractivity contribution in [3.05, 3.63) is 60.8 Å². The minimum absolute atomic E-state index is 0.500. The van der Waals surface area contributed by atoms with E-state index < -0.39 is 0 Å². The van der Waals surface area contributed by atoms with Crippen LogP contribution in [0.2, 0.25) is 0 Å². The molecular weight excluding hydrogens is 172 g/mol. The smallest absolute Gasteiger partial charge is 0.0699 e. The van der Waals surface area contributed by atoms with E-state index in [2.05, 4.69) is 18.2 Å². The van der Waals surface area contributed by atoms with Gasteiger partial charge in [-0.1, -0.05) is 37.4 Å². The van der Waals surface area contributed by atoms with Crippen molar-refractivity contribution >= 4 is 5.71 Å². The third kappa shape index (κ3) is 2.18. The highest BCUT2D eigenvalue weighted by Crippen LogP contribution is 2.10. The van der Waals surface area contributed by atoms with Crippen molar-refractivity contribution in [1.29, 1.82) is 0 Å². The minimum Gasteiger partial charge on any atom is -0.326 e. The molecule has 2 nitrogen and oxygen atoms in total. The molecule has 0 heterocycles. The van der Waals surface area contributed by atoms with Gasteiger partial charge in [-0.3, -0.25) is 4.99 Å². The van der Waals surface area contributed by atoms with Crippen molar-refractivity contribution in [2.45, 2.75) is 6.54 Å². The Kier molecular flexibility index (Phi) is 3.83. The fourth-order valence-electron chi connectivity index (χ4n) is 1.28. The Balaban J connectivity index is 3.21. The Morgan fingerprint density at radius 3 is 2.64 bits per heavy atom. The highest BCUT2D eigenvalue weighted by Gasteiger charge is 2.03. The lowest BCUT2D eigenvalue weighted by atomic mass is 10.0. The van der Waals surface area contributed by atoms with E-state index in [0.29, 0.717) is 6.54 Å². The van der Waals surface area contributed by atoms with Gasteiger partial charge >= 0.3 is 0 Å². The summed E-state index contributed by atoms with van der Waals surface area (Å²) < 4.78 is 0. The Morgan fingerprint density at radius 2 is 2.07 bits per heavy atom. The predicted molar refractivity (Wildman–Crippen MR) is 61.3 cm³/mol. The fraction of sp³-hybridized carbons (Fsp3) is 0.0833. The molecular formula is C12H14N2. The second kappa shape index (κ2) is 5.14. The van der Waals surface area contributed by atoms with Gasteiger partial charge in [-0.15, -0.1) is 0 Å². The maximum Gasteiger partial charge on any atom is 0.0699 e. The second-order valence-electron chi connectivity index (χ2n) is 2.76. The molecule has 0 aromatic heterocycles. The van der Waals surface area contributed by atoms with E-state index in [0.717, 1.165) is 16.8 Å². The van der Waals surface area contributed by atoms with Gasteiger partial charge < -0.3 is 5.73 Å². The van der Waals surface area contributed by atoms with Gasteiger partial charge in [-0.2, -0.15) is 0 Å². The summed E-state index contributed by atoms with van der Waals surface area (Å²) >= 11 is 0. The van der Waals surface area contributed by atoms with Gasteiger partial charge in [0.05, 0.1) is 5.71 Å². The molecule has 0 atom stereocenters. The van der Waals surface area contributed by atoms with E-state index in [1.54, 1.807) is 6.08 Å². The van der Waals surface area contributed by atoms with Gasteiger partial charge in [0, 0.05) is 18.3 Å². The van der Waals surface area contributed by atoms with E-state index in [-0.39, 0.29) is 0 Å². The van der Waals surface area contributed by atoms with E-state index in [1.807, 2.05) is 24.3 Å². The third-order valence-electron chi connectivity index (χ3n) is 1.94. The molecule has 0 saturated heterocycles. The van der Waals surface area contributed by atoms with Crippen molar-refractivity contribution in [3.8, 4) is 0 Å². The van der Waals surface area contributed by atoms with Crippen LogP contribution in [0, 0.1) is 0 Å². The largest absolute Gasteiger partial charge is 0.326 e. The zero-order valence-electron chi connectivity index (χ0n) is 8.11. The first-order valence-electron chi connectivity index (χ1n) is 4.43. The summed E-state index contributed by atoms with van der Waals surface area (Å²) in [5, 5.41) is 0. The van der Waals surface area contributed by atoms with Crippen LogP contribution in [0.1, 0.15) is 11.1 Å². The minimum atomic E-state index is 0.500. The molecule has 0 fully saturated rings. The summed E-state index contributed by atoms with van der Waals surface area (Å²) in [7, 11) is 0. The van der Waals surface area contributed by atoms with Gasteiger partial charge in [0.2, 0.25) is 0 Å². The maximum atomic E-state index is 5.62. The normalized spacial score (nSPS) is 11.1. The molecule has 1 rings (SSSR count). The molecule has 72 valence electrons. The van der Waals surface area contributed by atoms with Crippen LogP contribution in [0.15, 0.2) is 54.7 Å². The second-order valence-corrected chi connectivity index (χ2v) is 2.76. The number of aliphatic imine (C=N–C) groups is 1. The summed E-state index contributed by atoms with van der Waals surface area (Å²) in [6.45, 7) is 7.78. The van der Waals surface area contributed by atoms with Crippen LogP contribution in [-0.2, 0) is 6.54 Å². The quantitative estimate of drug-likeness (QED) is 0.720. The van der Waals surface area contributed by atoms with Crippen molar-refractivity contribution in [3.63, 3.8) is 0 Å². The van der Waals surface area contributed by atoms with Crippen LogP contribution < -0.4 is 5.73 Å². The Labute approximate surface area is 84.5 Å². The molecule has 0 saturated carbocycles. The van der Waals surface area contributed by atoms with E-state index in [9.17, 15) is 0 Å². The van der Waals surface area contributed by atoms with Gasteiger partial charge in [0.1, 0.15) is 0 Å². The van der Waals surface area contributed by atoms with Gasteiger partial charge in [-0.05, 0) is 11.6 Å². The summed E-state index contributed by atoms with van der Waals surface area (Å²) in [6, 6.07) is 7.88. The molecule has 0 amide bonds. The zero-order chi connectivity index (χ0) is 10.4. The molecule has 0 aliphatic rings. The number of benzene rings is 1. The third-order valence-corrected chi connectivity index (χ3v) is 1.94. The maximum absolute atomic E-state index is 5.62. The number of nitrogens with zero attached hydrogens (tertiary/aromatic N) is 1. The van der Waals surface area contributed by atoms with Gasteiger partial charge in [0.15, 0.2) is 0 Å². The SMILES string of the molecule is C=CN=C(C=C)c1ccccc1CN. The van der Waals surface area contributed by atoms with Crippen LogP contribution in [0.25, 0.3) is 0 Å². The van der Waals surface area contributed by atoms with Crippen LogP contribution in [-0.4, -0.2) is 5.71 Å². The first-order valence-corrected chi connectivity index (χ1v) is 4.43. The van der Waals surface area contributed by atoms with Crippen molar-refractivity contribution in [2.75, 3.05) is 0 Å². The highest BCUT2D eigenvalue weighted by atomic mass is 14.7. The van der Waals surface area contributed by atoms with Crippen LogP contribution in [0.5, 0.6) is 0 Å². The molecule has 0 unspecified atom stereocenters. The summed E-state index contributed by atoms with van der Waals surface area (Å²) in [6.07, 6.45) is 3.21. The lowest BCUT2D eigenvalue weighted by molar-refractivity contribution is 1.07. The number of nitrogens with two attached hydrogens (primary N) is 1. The number of allylic oxidation sites excluding steroid dienone is 1. The molecule has 0 spiro atoms. The molecule has 0 bridgehead atoms.